The molecule has 2 heterocycles. The van der Waals surface area contributed by atoms with Crippen molar-refractivity contribution >= 4 is 46.4 Å². The highest BCUT2D eigenvalue weighted by Crippen LogP contribution is 2.18. The van der Waals surface area contributed by atoms with Crippen LogP contribution in [0.25, 0.3) is 0 Å². The van der Waals surface area contributed by atoms with Gasteiger partial charge in [0.05, 0.1) is 0 Å². The van der Waals surface area contributed by atoms with Gasteiger partial charge in [-0.3, -0.25) is 9.69 Å². The summed E-state index contributed by atoms with van der Waals surface area (Å²) in [5.74, 6) is 0.0746. The van der Waals surface area contributed by atoms with Gasteiger partial charge in [-0.2, -0.15) is 0 Å². The van der Waals surface area contributed by atoms with E-state index in [4.69, 9.17) is 17.3 Å². The highest BCUT2D eigenvalue weighted by molar-refractivity contribution is 7.15. The molecule has 0 unspecified atom stereocenters. The fourth-order valence-corrected chi connectivity index (χ4v) is 3.58. The monoisotopic (exact) mass is 386 g/mol. The minimum Gasteiger partial charge on any atom is -0.375 e. The molecule has 0 bridgehead atoms. The van der Waals surface area contributed by atoms with E-state index in [0.29, 0.717) is 15.7 Å². The van der Waals surface area contributed by atoms with Crippen molar-refractivity contribution in [3.8, 4) is 0 Å². The molecular weight excluding hydrogens is 367 g/mol. The molecule has 1 amide bonds. The molecule has 1 aromatic heterocycles. The highest BCUT2D eigenvalue weighted by Gasteiger charge is 2.20. The Kier molecular flexibility index (Phi) is 6.86. The Labute approximate surface area is 156 Å². The van der Waals surface area contributed by atoms with Crippen LogP contribution in [-0.4, -0.2) is 46.9 Å². The van der Waals surface area contributed by atoms with Gasteiger partial charge in [-0.15, -0.1) is 23.7 Å². The van der Waals surface area contributed by atoms with Crippen molar-refractivity contribution in [2.45, 2.75) is 13.0 Å². The van der Waals surface area contributed by atoms with Crippen LogP contribution in [-0.2, 0) is 6.54 Å². The first kappa shape index (κ1) is 19.0. The third-order valence-corrected chi connectivity index (χ3v) is 4.98. The maximum atomic E-state index is 12.6. The number of rotatable bonds is 3. The third kappa shape index (κ3) is 4.83. The Morgan fingerprint density at radius 1 is 1.21 bits per heavy atom. The first-order valence-corrected chi connectivity index (χ1v) is 8.78. The molecule has 130 valence electrons. The molecule has 24 heavy (non-hydrogen) atoms. The van der Waals surface area contributed by atoms with Crippen molar-refractivity contribution in [1.82, 2.24) is 14.8 Å². The topological polar surface area (TPSA) is 62.5 Å². The van der Waals surface area contributed by atoms with Gasteiger partial charge in [-0.05, 0) is 30.7 Å². The summed E-state index contributed by atoms with van der Waals surface area (Å²) in [5, 5.41) is 1.25. The molecule has 1 aromatic carbocycles. The molecule has 0 saturated carbocycles. The summed E-state index contributed by atoms with van der Waals surface area (Å²) in [6.45, 7) is 4.19. The predicted octanol–water partition coefficient (Wildman–Crippen LogP) is 3.15. The maximum absolute atomic E-state index is 12.6. The van der Waals surface area contributed by atoms with Crippen LogP contribution in [0.15, 0.2) is 30.5 Å². The van der Waals surface area contributed by atoms with E-state index in [1.807, 2.05) is 11.1 Å². The molecule has 8 heteroatoms. The third-order valence-electron chi connectivity index (χ3n) is 3.92. The zero-order chi connectivity index (χ0) is 16.2. The van der Waals surface area contributed by atoms with Crippen LogP contribution in [0.2, 0.25) is 5.02 Å². The fourth-order valence-electron chi connectivity index (χ4n) is 2.72. The van der Waals surface area contributed by atoms with Crippen LogP contribution in [0, 0.1) is 0 Å². The molecule has 1 fully saturated rings. The van der Waals surface area contributed by atoms with Crippen LogP contribution in [0.5, 0.6) is 0 Å². The number of nitrogen functional groups attached to an aromatic ring is 1. The normalized spacial score (nSPS) is 15.6. The van der Waals surface area contributed by atoms with Gasteiger partial charge in [-0.25, -0.2) is 4.98 Å². The summed E-state index contributed by atoms with van der Waals surface area (Å²) in [6, 6.07) is 7.08. The molecule has 1 aliphatic rings. The number of carbonyl (C=O) groups is 1. The van der Waals surface area contributed by atoms with Crippen molar-refractivity contribution in [1.29, 1.82) is 0 Å². The van der Waals surface area contributed by atoms with E-state index in [-0.39, 0.29) is 18.3 Å². The van der Waals surface area contributed by atoms with Crippen molar-refractivity contribution in [2.24, 2.45) is 0 Å². The molecule has 2 aromatic rings. The zero-order valence-corrected chi connectivity index (χ0v) is 15.5. The van der Waals surface area contributed by atoms with Gasteiger partial charge in [0.25, 0.3) is 5.91 Å². The molecule has 0 atom stereocenters. The largest absolute Gasteiger partial charge is 0.375 e. The summed E-state index contributed by atoms with van der Waals surface area (Å²) in [5.41, 5.74) is 6.37. The average molecular weight is 387 g/mol. The highest BCUT2D eigenvalue weighted by atomic mass is 35.5. The number of thiazole rings is 1. The fraction of sp³-hybridized carbons (Fsp3) is 0.375. The van der Waals surface area contributed by atoms with Crippen LogP contribution < -0.4 is 5.73 Å². The van der Waals surface area contributed by atoms with E-state index >= 15 is 0 Å². The van der Waals surface area contributed by atoms with Crippen molar-refractivity contribution in [3.05, 3.63) is 45.9 Å². The summed E-state index contributed by atoms with van der Waals surface area (Å²) < 4.78 is 0. The number of anilines is 1. The molecule has 0 spiro atoms. The Morgan fingerprint density at radius 2 is 1.96 bits per heavy atom. The second-order valence-electron chi connectivity index (χ2n) is 5.59. The first-order valence-electron chi connectivity index (χ1n) is 7.59. The van der Waals surface area contributed by atoms with Gasteiger partial charge < -0.3 is 10.6 Å². The second-order valence-corrected chi connectivity index (χ2v) is 7.18. The number of benzene rings is 1. The number of nitrogens with two attached hydrogens (primary N) is 1. The van der Waals surface area contributed by atoms with Gasteiger partial charge in [0.15, 0.2) is 5.13 Å². The van der Waals surface area contributed by atoms with Gasteiger partial charge in [0.2, 0.25) is 0 Å². The molecule has 0 radical (unpaired) electrons. The lowest BCUT2D eigenvalue weighted by Crippen LogP contribution is -2.35. The van der Waals surface area contributed by atoms with Crippen LogP contribution in [0.1, 0.15) is 21.7 Å². The van der Waals surface area contributed by atoms with Crippen molar-refractivity contribution in [3.63, 3.8) is 0 Å². The molecule has 1 saturated heterocycles. The summed E-state index contributed by atoms with van der Waals surface area (Å²) >= 11 is 7.41. The van der Waals surface area contributed by atoms with Crippen LogP contribution in [0.3, 0.4) is 0 Å². The lowest BCUT2D eigenvalue weighted by molar-refractivity contribution is 0.0761. The van der Waals surface area contributed by atoms with E-state index in [0.717, 1.165) is 39.1 Å². The Bertz CT molecular complexity index is 677. The minimum atomic E-state index is 0. The first-order chi connectivity index (χ1) is 11.1. The lowest BCUT2D eigenvalue weighted by Gasteiger charge is -2.21. The Morgan fingerprint density at radius 3 is 2.62 bits per heavy atom. The maximum Gasteiger partial charge on any atom is 0.253 e. The molecular formula is C16H20Cl2N4OS. The molecule has 1 aliphatic heterocycles. The number of halogens is 2. The van der Waals surface area contributed by atoms with E-state index in [9.17, 15) is 4.79 Å². The van der Waals surface area contributed by atoms with Gasteiger partial charge >= 0.3 is 0 Å². The summed E-state index contributed by atoms with van der Waals surface area (Å²) in [6.07, 6.45) is 2.80. The molecule has 5 nitrogen and oxygen atoms in total. The van der Waals surface area contributed by atoms with Gasteiger partial charge in [0, 0.05) is 54.4 Å². The van der Waals surface area contributed by atoms with E-state index in [1.54, 1.807) is 24.3 Å². The summed E-state index contributed by atoms with van der Waals surface area (Å²) in [4.78, 5) is 22.1. The van der Waals surface area contributed by atoms with E-state index < -0.39 is 0 Å². The molecule has 2 N–H and O–H groups in total. The van der Waals surface area contributed by atoms with Gasteiger partial charge in [0.1, 0.15) is 0 Å². The Balaban J connectivity index is 0.00000208. The smallest absolute Gasteiger partial charge is 0.253 e. The minimum absolute atomic E-state index is 0. The SMILES string of the molecule is Cl.Nc1ncc(CN2CCCN(C(=O)c3ccc(Cl)cc3)CC2)s1. The number of amides is 1. The average Bonchev–Trinajstić information content (AvgIpc) is 2.81. The number of hydrogen-bond acceptors (Lipinski definition) is 5. The second kappa shape index (κ2) is 8.67. The number of nitrogens with zero attached hydrogens (tertiary/aromatic N) is 3. The van der Waals surface area contributed by atoms with Crippen molar-refractivity contribution in [2.75, 3.05) is 31.9 Å². The molecule has 0 aliphatic carbocycles. The van der Waals surface area contributed by atoms with Crippen LogP contribution >= 0.6 is 35.3 Å². The quantitative estimate of drug-likeness (QED) is 0.879. The Hall–Kier alpha value is -1.34. The number of hydrogen-bond donors (Lipinski definition) is 1. The van der Waals surface area contributed by atoms with E-state index in [1.165, 1.54) is 16.2 Å². The van der Waals surface area contributed by atoms with Gasteiger partial charge in [-0.1, -0.05) is 11.6 Å². The van der Waals surface area contributed by atoms with Crippen LogP contribution in [0.4, 0.5) is 5.13 Å². The zero-order valence-electron chi connectivity index (χ0n) is 13.2. The lowest BCUT2D eigenvalue weighted by atomic mass is 10.2. The summed E-state index contributed by atoms with van der Waals surface area (Å²) in [7, 11) is 0. The molecule has 3 rings (SSSR count). The number of carbonyl (C=O) groups excluding carboxylic acids is 1. The standard InChI is InChI=1S/C16H19ClN4OS.ClH/c17-13-4-2-12(3-5-13)15(22)21-7-1-6-20(8-9-21)11-14-10-19-16(18)23-14;/h2-5,10H,1,6-9,11H2,(H2,18,19);1H. The van der Waals surface area contributed by atoms with E-state index in [2.05, 4.69) is 9.88 Å². The number of aromatic nitrogens is 1. The predicted molar refractivity (Wildman–Crippen MR) is 101 cm³/mol. The van der Waals surface area contributed by atoms with Crippen molar-refractivity contribution < 1.29 is 4.79 Å².